The molecule has 0 aliphatic heterocycles. The maximum absolute atomic E-state index is 12.3. The number of carbonyl (C=O) groups is 1. The van der Waals surface area contributed by atoms with Gasteiger partial charge in [0.25, 0.3) is 0 Å². The van der Waals surface area contributed by atoms with Gasteiger partial charge in [0.1, 0.15) is 6.17 Å². The summed E-state index contributed by atoms with van der Waals surface area (Å²) in [7, 11) is 0. The molecule has 1 amide bonds. The summed E-state index contributed by atoms with van der Waals surface area (Å²) in [6, 6.07) is 18.8. The number of alkyl halides is 3. The molecular weight excluding hydrogens is 463 g/mol. The number of anilines is 1. The molecule has 0 aliphatic rings. The van der Waals surface area contributed by atoms with Gasteiger partial charge in [-0.3, -0.25) is 9.78 Å². The number of halogens is 3. The zero-order chi connectivity index (χ0) is 21.6. The molecule has 0 spiro atoms. The first kappa shape index (κ1) is 22.3. The molecule has 1 aromatic heterocycles. The van der Waals surface area contributed by atoms with Gasteiger partial charge in [-0.15, -0.1) is 0 Å². The van der Waals surface area contributed by atoms with E-state index in [1.165, 1.54) is 6.08 Å². The van der Waals surface area contributed by atoms with Crippen LogP contribution in [0, 0.1) is 0 Å². The molecule has 30 heavy (non-hydrogen) atoms. The molecule has 0 bridgehead atoms. The van der Waals surface area contributed by atoms with E-state index in [-0.39, 0.29) is 5.11 Å². The summed E-state index contributed by atoms with van der Waals surface area (Å²) in [6.45, 7) is 0. The Hall–Kier alpha value is -2.38. The molecule has 0 unspecified atom stereocenters. The number of fused-ring (bicyclic) bond motifs is 1. The summed E-state index contributed by atoms with van der Waals surface area (Å²) in [5, 5.41) is 9.58. The third-order valence-electron chi connectivity index (χ3n) is 4.00. The van der Waals surface area contributed by atoms with Crippen LogP contribution in [0.1, 0.15) is 5.56 Å². The first-order chi connectivity index (χ1) is 14.3. The Morgan fingerprint density at radius 3 is 2.47 bits per heavy atom. The highest BCUT2D eigenvalue weighted by Gasteiger charge is 2.34. The lowest BCUT2D eigenvalue weighted by molar-refractivity contribution is -0.117. The SMILES string of the molecule is O=C(/C=C\c1ccccc1)N[C@H](NC(=S)Nc1cccc2cccnc12)C(Cl)(Cl)Cl. The maximum Gasteiger partial charge on any atom is 0.245 e. The minimum Gasteiger partial charge on any atom is -0.339 e. The molecule has 0 fully saturated rings. The van der Waals surface area contributed by atoms with Gasteiger partial charge in [0, 0.05) is 17.7 Å². The lowest BCUT2D eigenvalue weighted by atomic mass is 10.2. The average molecular weight is 480 g/mol. The minimum absolute atomic E-state index is 0.164. The highest BCUT2D eigenvalue weighted by molar-refractivity contribution is 7.80. The van der Waals surface area contributed by atoms with Crippen molar-refractivity contribution in [2.75, 3.05) is 5.32 Å². The van der Waals surface area contributed by atoms with Crippen LogP contribution in [-0.2, 0) is 4.79 Å². The molecule has 2 aromatic carbocycles. The van der Waals surface area contributed by atoms with Gasteiger partial charge in [-0.2, -0.15) is 0 Å². The number of pyridine rings is 1. The van der Waals surface area contributed by atoms with E-state index in [0.717, 1.165) is 16.5 Å². The van der Waals surface area contributed by atoms with Crippen molar-refractivity contribution in [1.29, 1.82) is 0 Å². The third kappa shape index (κ3) is 6.31. The van der Waals surface area contributed by atoms with Crippen LogP contribution in [0.5, 0.6) is 0 Å². The number of nitrogens with zero attached hydrogens (tertiary/aromatic N) is 1. The van der Waals surface area contributed by atoms with Gasteiger partial charge in [-0.05, 0) is 36.0 Å². The first-order valence-electron chi connectivity index (χ1n) is 8.84. The predicted molar refractivity (Wildman–Crippen MR) is 129 cm³/mol. The van der Waals surface area contributed by atoms with Crippen LogP contribution in [0.2, 0.25) is 0 Å². The van der Waals surface area contributed by atoms with Crippen molar-refractivity contribution in [3.05, 3.63) is 78.5 Å². The maximum atomic E-state index is 12.3. The van der Waals surface area contributed by atoms with Crippen LogP contribution < -0.4 is 16.0 Å². The van der Waals surface area contributed by atoms with Gasteiger partial charge in [-0.1, -0.05) is 83.3 Å². The van der Waals surface area contributed by atoms with E-state index in [1.807, 2.05) is 60.7 Å². The summed E-state index contributed by atoms with van der Waals surface area (Å²) in [4.78, 5) is 16.7. The van der Waals surface area contributed by atoms with Crippen molar-refractivity contribution in [3.63, 3.8) is 0 Å². The average Bonchev–Trinajstić information content (AvgIpc) is 2.72. The van der Waals surface area contributed by atoms with E-state index >= 15 is 0 Å². The fourth-order valence-corrected chi connectivity index (χ4v) is 3.18. The Morgan fingerprint density at radius 2 is 1.73 bits per heavy atom. The van der Waals surface area contributed by atoms with E-state index in [4.69, 9.17) is 47.0 Å². The number of thiocarbonyl (C=S) groups is 1. The van der Waals surface area contributed by atoms with Crippen LogP contribution in [0.4, 0.5) is 5.69 Å². The van der Waals surface area contributed by atoms with Crippen LogP contribution in [-0.4, -0.2) is 26.0 Å². The minimum atomic E-state index is -1.85. The number of aromatic nitrogens is 1. The lowest BCUT2D eigenvalue weighted by Crippen LogP contribution is -2.55. The van der Waals surface area contributed by atoms with Crippen LogP contribution in [0.25, 0.3) is 17.0 Å². The first-order valence-corrected chi connectivity index (χ1v) is 10.4. The number of hydrogen-bond acceptors (Lipinski definition) is 3. The van der Waals surface area contributed by atoms with Crippen molar-refractivity contribution in [1.82, 2.24) is 15.6 Å². The smallest absolute Gasteiger partial charge is 0.245 e. The fourth-order valence-electron chi connectivity index (χ4n) is 2.62. The molecule has 9 heteroatoms. The Morgan fingerprint density at radius 1 is 1.00 bits per heavy atom. The van der Waals surface area contributed by atoms with E-state index in [9.17, 15) is 4.79 Å². The second kappa shape index (κ2) is 10.1. The van der Waals surface area contributed by atoms with E-state index in [1.54, 1.807) is 12.3 Å². The number of carbonyl (C=O) groups excluding carboxylic acids is 1. The van der Waals surface area contributed by atoms with E-state index < -0.39 is 15.9 Å². The molecule has 5 nitrogen and oxygen atoms in total. The Bertz CT molecular complexity index is 1070. The molecule has 3 rings (SSSR count). The topological polar surface area (TPSA) is 66.1 Å². The predicted octanol–water partition coefficient (Wildman–Crippen LogP) is 5.05. The summed E-state index contributed by atoms with van der Waals surface area (Å²) >= 11 is 23.4. The van der Waals surface area contributed by atoms with Crippen molar-refractivity contribution < 1.29 is 4.79 Å². The molecular formula is C21H17Cl3N4OS. The summed E-state index contributed by atoms with van der Waals surface area (Å²) in [5.74, 6) is -0.447. The van der Waals surface area contributed by atoms with Crippen molar-refractivity contribution in [3.8, 4) is 0 Å². The fraction of sp³-hybridized carbons (Fsp3) is 0.0952. The van der Waals surface area contributed by atoms with Crippen LogP contribution in [0.15, 0.2) is 72.9 Å². The lowest BCUT2D eigenvalue weighted by Gasteiger charge is -2.27. The van der Waals surface area contributed by atoms with Gasteiger partial charge in [-0.25, -0.2) is 0 Å². The van der Waals surface area contributed by atoms with Gasteiger partial charge in [0.15, 0.2) is 5.11 Å². The standard InChI is InChI=1S/C21H17Cl3N4OS/c22-21(23,24)19(27-17(29)12-11-14-6-2-1-3-7-14)28-20(30)26-16-10-4-8-15-9-5-13-25-18(15)16/h1-13,19H,(H,27,29)(H2,26,28,30)/b12-11-/t19-/m1/s1. The normalized spacial score (nSPS) is 12.5. The monoisotopic (exact) mass is 478 g/mol. The summed E-state index contributed by atoms with van der Waals surface area (Å²) < 4.78 is -1.85. The van der Waals surface area contributed by atoms with Crippen molar-refractivity contribution in [2.45, 2.75) is 9.96 Å². The van der Waals surface area contributed by atoms with Crippen LogP contribution in [0.3, 0.4) is 0 Å². The molecule has 0 saturated carbocycles. The van der Waals surface area contributed by atoms with Crippen molar-refractivity contribution in [2.24, 2.45) is 0 Å². The number of amides is 1. The third-order valence-corrected chi connectivity index (χ3v) is 4.87. The van der Waals surface area contributed by atoms with Gasteiger partial charge < -0.3 is 16.0 Å². The quantitative estimate of drug-likeness (QED) is 0.207. The molecule has 154 valence electrons. The van der Waals surface area contributed by atoms with Crippen LogP contribution >= 0.6 is 47.0 Å². The Balaban J connectivity index is 1.68. The highest BCUT2D eigenvalue weighted by atomic mass is 35.6. The van der Waals surface area contributed by atoms with E-state index in [2.05, 4.69) is 20.9 Å². The summed E-state index contributed by atoms with van der Waals surface area (Å²) in [5.41, 5.74) is 2.29. The number of rotatable bonds is 5. The molecule has 0 saturated heterocycles. The number of hydrogen-bond donors (Lipinski definition) is 3. The zero-order valence-electron chi connectivity index (χ0n) is 15.5. The second-order valence-electron chi connectivity index (χ2n) is 6.21. The molecule has 1 heterocycles. The molecule has 0 radical (unpaired) electrons. The van der Waals surface area contributed by atoms with Gasteiger partial charge in [0.2, 0.25) is 9.70 Å². The van der Waals surface area contributed by atoms with Gasteiger partial charge in [0.05, 0.1) is 11.2 Å². The second-order valence-corrected chi connectivity index (χ2v) is 8.98. The van der Waals surface area contributed by atoms with E-state index in [0.29, 0.717) is 5.69 Å². The van der Waals surface area contributed by atoms with Gasteiger partial charge >= 0.3 is 0 Å². The number of nitrogens with one attached hydrogen (secondary N) is 3. The zero-order valence-corrected chi connectivity index (χ0v) is 18.6. The Labute approximate surface area is 194 Å². The molecule has 3 N–H and O–H groups in total. The summed E-state index contributed by atoms with van der Waals surface area (Å²) in [6.07, 6.45) is 3.63. The van der Waals surface area contributed by atoms with Crippen molar-refractivity contribution >= 4 is 80.7 Å². The Kier molecular flexibility index (Phi) is 7.50. The largest absolute Gasteiger partial charge is 0.339 e. The number of benzene rings is 2. The highest BCUT2D eigenvalue weighted by Crippen LogP contribution is 2.29. The molecule has 0 aliphatic carbocycles. The molecule has 1 atom stereocenters. The molecule has 3 aromatic rings. The number of para-hydroxylation sites is 1.